The van der Waals surface area contributed by atoms with E-state index in [1.54, 1.807) is 36.5 Å². The van der Waals surface area contributed by atoms with Crippen LogP contribution in [0.1, 0.15) is 15.9 Å². The number of nitro benzene ring substituents is 1. The zero-order valence-corrected chi connectivity index (χ0v) is 33.7. The molecule has 3 heterocycles. The van der Waals surface area contributed by atoms with Gasteiger partial charge in [0.2, 0.25) is 0 Å². The van der Waals surface area contributed by atoms with Gasteiger partial charge < -0.3 is 19.7 Å². The molecule has 2 N–H and O–H groups in total. The monoisotopic (exact) mass is 842 g/mol. The summed E-state index contributed by atoms with van der Waals surface area (Å²) in [5, 5.41) is 16.6. The lowest BCUT2D eigenvalue weighted by atomic mass is 9.99. The Morgan fingerprint density at radius 1 is 0.917 bits per heavy atom. The molecule has 304 valence electrons. The maximum Gasteiger partial charge on any atom is 0.293 e. The summed E-state index contributed by atoms with van der Waals surface area (Å²) in [5.74, 6) is -0.454. The minimum Gasteiger partial charge on any atom is -0.497 e. The van der Waals surface area contributed by atoms with Gasteiger partial charge in [-0.1, -0.05) is 54.1 Å². The molecule has 2 aliphatic rings. The van der Waals surface area contributed by atoms with Crippen LogP contribution in [0.4, 0.5) is 17.1 Å². The van der Waals surface area contributed by atoms with Gasteiger partial charge in [0.05, 0.1) is 27.2 Å². The second kappa shape index (κ2) is 17.6. The first kappa shape index (κ1) is 40.1. The van der Waals surface area contributed by atoms with Gasteiger partial charge in [-0.25, -0.2) is 13.1 Å². The van der Waals surface area contributed by atoms with Crippen molar-refractivity contribution >= 4 is 55.5 Å². The van der Waals surface area contributed by atoms with E-state index in [-0.39, 0.29) is 23.5 Å². The minimum atomic E-state index is -4.58. The average Bonchev–Trinajstić information content (AvgIpc) is 3.26. The second-order valence-electron chi connectivity index (χ2n) is 14.2. The largest absolute Gasteiger partial charge is 0.497 e. The number of ether oxygens (including phenoxy) is 2. The number of hydrogen-bond acceptors (Lipinski definition) is 11. The van der Waals surface area contributed by atoms with Crippen LogP contribution in [0, 0.1) is 10.1 Å². The Morgan fingerprint density at radius 3 is 2.52 bits per heavy atom. The normalized spacial score (nSPS) is 14.3. The van der Waals surface area contributed by atoms with E-state index in [0.717, 1.165) is 53.5 Å². The molecule has 0 bridgehead atoms. The summed E-state index contributed by atoms with van der Waals surface area (Å²) in [6, 6.07) is 33.7. The molecule has 0 aliphatic carbocycles. The van der Waals surface area contributed by atoms with Crippen molar-refractivity contribution < 1.29 is 27.6 Å². The lowest BCUT2D eigenvalue weighted by molar-refractivity contribution is -0.384. The first-order valence-corrected chi connectivity index (χ1v) is 21.0. The number of pyridine rings is 1. The maximum atomic E-state index is 13.9. The summed E-state index contributed by atoms with van der Waals surface area (Å²) < 4.78 is 40.9. The number of aromatic nitrogens is 1. The first-order chi connectivity index (χ1) is 29.1. The number of fused-ring (bicyclic) bond motifs is 1. The highest BCUT2D eigenvalue weighted by Gasteiger charge is 2.27. The minimum absolute atomic E-state index is 0.0496. The van der Waals surface area contributed by atoms with Crippen LogP contribution in [0.2, 0.25) is 5.02 Å². The van der Waals surface area contributed by atoms with Crippen molar-refractivity contribution in [1.82, 2.24) is 14.6 Å². The third-order valence-corrected chi connectivity index (χ3v) is 11.9. The van der Waals surface area contributed by atoms with Crippen molar-refractivity contribution in [2.75, 3.05) is 49.5 Å². The molecule has 5 aromatic carbocycles. The van der Waals surface area contributed by atoms with Gasteiger partial charge in [0, 0.05) is 79.8 Å². The van der Waals surface area contributed by atoms with Crippen LogP contribution < -0.4 is 19.7 Å². The molecule has 0 saturated carbocycles. The predicted octanol–water partition coefficient (Wildman–Crippen LogP) is 8.58. The summed E-state index contributed by atoms with van der Waals surface area (Å²) in [4.78, 5) is 33.8. The Hall–Kier alpha value is -6.74. The molecule has 0 atom stereocenters. The van der Waals surface area contributed by atoms with Gasteiger partial charge in [0.25, 0.3) is 21.6 Å². The van der Waals surface area contributed by atoms with E-state index in [1.165, 1.54) is 30.0 Å². The van der Waals surface area contributed by atoms with Crippen LogP contribution in [0.3, 0.4) is 0 Å². The quantitative estimate of drug-likeness (QED) is 0.0848. The lowest BCUT2D eigenvalue weighted by Gasteiger charge is -2.36. The van der Waals surface area contributed by atoms with Crippen molar-refractivity contribution in [3.8, 4) is 22.6 Å². The lowest BCUT2D eigenvalue weighted by Crippen LogP contribution is -2.46. The Labute approximate surface area is 351 Å². The van der Waals surface area contributed by atoms with Gasteiger partial charge >= 0.3 is 0 Å². The number of nitrogens with one attached hydrogen (secondary N) is 2. The van der Waals surface area contributed by atoms with E-state index in [0.29, 0.717) is 36.0 Å². The van der Waals surface area contributed by atoms with Crippen LogP contribution in [-0.2, 0) is 21.3 Å². The van der Waals surface area contributed by atoms with E-state index in [1.807, 2.05) is 60.7 Å². The summed E-state index contributed by atoms with van der Waals surface area (Å²) >= 11 is 6.15. The van der Waals surface area contributed by atoms with Gasteiger partial charge in [0.15, 0.2) is 0 Å². The Kier molecular flexibility index (Phi) is 11.8. The molecule has 13 nitrogen and oxygen atoms in total. The van der Waals surface area contributed by atoms with E-state index in [4.69, 9.17) is 21.1 Å². The number of anilines is 2. The molecule has 2 aliphatic heterocycles. The fourth-order valence-electron chi connectivity index (χ4n) is 7.15. The SMILES string of the molecule is O=C(NS(=O)(=O)c1ccc(NCC2=CCOC=C2)c([N+](=O)[O-])c1)c1ccc(N2CCN(Cc3ccccc3-c3ccc(Cl)cc3)CC2)cc1Oc1ccc2cccnc2c1. The van der Waals surface area contributed by atoms with Gasteiger partial charge in [0.1, 0.15) is 23.8 Å². The topological polar surface area (TPSA) is 156 Å². The molecule has 1 aromatic heterocycles. The third-order valence-electron chi connectivity index (χ3n) is 10.3. The van der Waals surface area contributed by atoms with Crippen molar-refractivity contribution in [3.05, 3.63) is 172 Å². The number of hydrogen-bond donors (Lipinski definition) is 2. The average molecular weight is 843 g/mol. The first-order valence-electron chi connectivity index (χ1n) is 19.1. The number of benzene rings is 5. The summed E-state index contributed by atoms with van der Waals surface area (Å²) in [6.45, 7) is 4.31. The Bertz CT molecular complexity index is 2750. The molecule has 1 amide bonds. The molecule has 6 aromatic rings. The van der Waals surface area contributed by atoms with Gasteiger partial charge in [-0.05, 0) is 89.0 Å². The van der Waals surface area contributed by atoms with Crippen molar-refractivity contribution in [1.29, 1.82) is 0 Å². The molecule has 8 rings (SSSR count). The summed E-state index contributed by atoms with van der Waals surface area (Å²) in [6.07, 6.45) is 6.74. The van der Waals surface area contributed by atoms with Crippen molar-refractivity contribution in [3.63, 3.8) is 0 Å². The molecular weight excluding hydrogens is 804 g/mol. The number of sulfonamides is 1. The molecule has 0 radical (unpaired) electrons. The number of piperazine rings is 1. The van der Waals surface area contributed by atoms with E-state index < -0.39 is 31.4 Å². The second-order valence-corrected chi connectivity index (χ2v) is 16.3. The zero-order chi connectivity index (χ0) is 41.6. The molecule has 60 heavy (non-hydrogen) atoms. The Morgan fingerprint density at radius 2 is 1.73 bits per heavy atom. The molecule has 1 saturated heterocycles. The molecule has 0 unspecified atom stereocenters. The number of carbonyl (C=O) groups excluding carboxylic acids is 1. The highest BCUT2D eigenvalue weighted by atomic mass is 35.5. The molecular formula is C45H39ClN6O7S. The van der Waals surface area contributed by atoms with E-state index >= 15 is 0 Å². The number of rotatable bonds is 13. The smallest absolute Gasteiger partial charge is 0.293 e. The summed E-state index contributed by atoms with van der Waals surface area (Å²) in [7, 11) is -4.58. The molecule has 1 fully saturated rings. The van der Waals surface area contributed by atoms with Gasteiger partial charge in [-0.15, -0.1) is 0 Å². The van der Waals surface area contributed by atoms with Crippen molar-refractivity contribution in [2.45, 2.75) is 11.4 Å². The van der Waals surface area contributed by atoms with Crippen LogP contribution in [0.25, 0.3) is 22.0 Å². The van der Waals surface area contributed by atoms with Crippen molar-refractivity contribution in [2.24, 2.45) is 0 Å². The number of nitrogens with zero attached hydrogens (tertiary/aromatic N) is 4. The fourth-order valence-corrected chi connectivity index (χ4v) is 8.26. The zero-order valence-electron chi connectivity index (χ0n) is 32.2. The number of halogens is 1. The number of carbonyl (C=O) groups is 1. The maximum absolute atomic E-state index is 13.9. The highest BCUT2D eigenvalue weighted by Crippen LogP contribution is 2.34. The van der Waals surface area contributed by atoms with Crippen LogP contribution >= 0.6 is 11.6 Å². The molecule has 0 spiro atoms. The Balaban J connectivity index is 1.02. The molecule has 15 heteroatoms. The highest BCUT2D eigenvalue weighted by molar-refractivity contribution is 7.90. The van der Waals surface area contributed by atoms with E-state index in [9.17, 15) is 23.3 Å². The standard InChI is InChI=1S/C45H39ClN6O7S/c46-35-10-7-32(8-11-35)39-6-2-1-4-34(39)30-50-20-22-51(23-21-50)36-12-15-40(44(26-36)59-37-13-9-33-5-3-19-47-42(33)27-37)45(53)49-60(56,57)38-14-16-41(43(28-38)52(54)55)48-29-31-17-24-58-25-18-31/h1-19,24,26-28,48H,20-23,25,29-30H2,(H,49,53). The summed E-state index contributed by atoms with van der Waals surface area (Å²) in [5.41, 5.74) is 5.38. The third kappa shape index (κ3) is 9.26. The van der Waals surface area contributed by atoms with Crippen LogP contribution in [0.5, 0.6) is 11.5 Å². The van der Waals surface area contributed by atoms with Gasteiger partial charge in [-0.2, -0.15) is 0 Å². The number of amides is 1. The van der Waals surface area contributed by atoms with Crippen LogP contribution in [0.15, 0.2) is 150 Å². The fraction of sp³-hybridized carbons (Fsp3) is 0.156. The van der Waals surface area contributed by atoms with Crippen LogP contribution in [-0.4, -0.2) is 68.5 Å². The van der Waals surface area contributed by atoms with Gasteiger partial charge in [-0.3, -0.25) is 24.8 Å². The van der Waals surface area contributed by atoms with E-state index in [2.05, 4.69) is 37.0 Å². The predicted molar refractivity (Wildman–Crippen MR) is 232 cm³/mol. The number of nitro groups is 1.